The van der Waals surface area contributed by atoms with E-state index in [9.17, 15) is 18.0 Å². The Labute approximate surface area is 326 Å². The van der Waals surface area contributed by atoms with Gasteiger partial charge < -0.3 is 34.1 Å². The summed E-state index contributed by atoms with van der Waals surface area (Å²) >= 11 is 7.63. The number of ether oxygens (including phenoxy) is 4. The number of thiazole rings is 1. The molecule has 1 N–H and O–H groups in total. The monoisotopic (exact) mass is 811 g/mol. The van der Waals surface area contributed by atoms with Crippen molar-refractivity contribution in [2.24, 2.45) is 0 Å². The Morgan fingerprint density at radius 3 is 2.41 bits per heavy atom. The first kappa shape index (κ1) is 42.7. The highest BCUT2D eigenvalue weighted by Gasteiger charge is 2.35. The largest absolute Gasteiger partial charge is 0.497 e. The van der Waals surface area contributed by atoms with Crippen LogP contribution in [0, 0.1) is 5.82 Å². The van der Waals surface area contributed by atoms with Crippen LogP contribution in [0.5, 0.6) is 11.5 Å². The fraction of sp³-hybridized carbons (Fsp3) is 0.541. The van der Waals surface area contributed by atoms with Crippen molar-refractivity contribution >= 4 is 56.0 Å². The molecule has 17 heteroatoms. The number of nitrogens with zero attached hydrogens (tertiary/aromatic N) is 4. The van der Waals surface area contributed by atoms with Crippen molar-refractivity contribution in [2.75, 3.05) is 50.0 Å². The molecule has 54 heavy (non-hydrogen) atoms. The van der Waals surface area contributed by atoms with Crippen LogP contribution >= 0.6 is 22.9 Å². The van der Waals surface area contributed by atoms with Gasteiger partial charge in [-0.25, -0.2) is 31.7 Å². The van der Waals surface area contributed by atoms with Crippen molar-refractivity contribution in [1.82, 2.24) is 14.8 Å². The van der Waals surface area contributed by atoms with Crippen LogP contribution < -0.4 is 19.1 Å². The van der Waals surface area contributed by atoms with E-state index >= 15 is 4.39 Å². The molecule has 1 saturated heterocycles. The average Bonchev–Trinajstić information content (AvgIpc) is 3.79. The Hall–Kier alpha value is -4.02. The number of carbonyl (C=O) groups is 2. The van der Waals surface area contributed by atoms with E-state index in [1.165, 1.54) is 20.4 Å². The van der Waals surface area contributed by atoms with Crippen LogP contribution in [-0.2, 0) is 26.0 Å². The Bertz CT molecular complexity index is 1850. The highest BCUT2D eigenvalue weighted by atomic mass is 35.5. The maximum Gasteiger partial charge on any atom is 0.410 e. The van der Waals surface area contributed by atoms with Gasteiger partial charge in [0.05, 0.1) is 37.5 Å². The van der Waals surface area contributed by atoms with E-state index in [2.05, 4.69) is 10.3 Å². The number of likely N-dealkylation sites (tertiary alicyclic amines) is 1. The maximum atomic E-state index is 15.7. The van der Waals surface area contributed by atoms with E-state index in [0.717, 1.165) is 40.6 Å². The highest BCUT2D eigenvalue weighted by molar-refractivity contribution is 7.93. The molecule has 0 aliphatic carbocycles. The standard InChI is InChI=1S/C37H51ClFN5O8S2/c1-36(2,3)51-34(45)42(24-26-12-11-18-43(26)35(46)52-37(4,5)6)17-10-9-15-40-30-22-29(39)32(21-28(30)38)54(47,48)44(33-41-16-19-53-33)23-25-13-14-27(49-7)20-31(25)50-8/h13-14,16,19-22,26,40H,9-12,15,17-18,23-24H2,1-8H3. The second-order valence-electron chi connectivity index (χ2n) is 14.8. The van der Waals surface area contributed by atoms with Crippen LogP contribution in [0.3, 0.4) is 0 Å². The summed E-state index contributed by atoms with van der Waals surface area (Å²) in [6.45, 7) is 12.2. The number of rotatable bonds is 15. The van der Waals surface area contributed by atoms with Crippen LogP contribution in [0.15, 0.2) is 46.8 Å². The second-order valence-corrected chi connectivity index (χ2v) is 17.9. The third-order valence-corrected chi connectivity index (χ3v) is 11.3. The number of nitrogens with one attached hydrogen (secondary N) is 1. The Morgan fingerprint density at radius 1 is 1.06 bits per heavy atom. The zero-order valence-electron chi connectivity index (χ0n) is 32.1. The number of hydrogen-bond acceptors (Lipinski definition) is 11. The molecule has 0 saturated carbocycles. The average molecular weight is 812 g/mol. The number of aromatic nitrogens is 1. The van der Waals surface area contributed by atoms with Gasteiger partial charge in [-0.3, -0.25) is 0 Å². The molecule has 1 fully saturated rings. The van der Waals surface area contributed by atoms with Gasteiger partial charge in [0.2, 0.25) is 0 Å². The zero-order valence-corrected chi connectivity index (χ0v) is 34.5. The molecule has 0 spiro atoms. The van der Waals surface area contributed by atoms with Crippen LogP contribution in [0.25, 0.3) is 0 Å². The third-order valence-electron chi connectivity index (χ3n) is 8.29. The summed E-state index contributed by atoms with van der Waals surface area (Å²) in [5.74, 6) is -0.0803. The van der Waals surface area contributed by atoms with Gasteiger partial charge in [-0.15, -0.1) is 11.3 Å². The molecule has 298 valence electrons. The normalized spacial score (nSPS) is 14.8. The number of anilines is 2. The number of amides is 2. The molecule has 1 aliphatic rings. The molecular formula is C37H51ClFN5O8S2. The first-order chi connectivity index (χ1) is 25.3. The van der Waals surface area contributed by atoms with Crippen molar-refractivity contribution in [1.29, 1.82) is 0 Å². The summed E-state index contributed by atoms with van der Waals surface area (Å²) in [6.07, 6.45) is 3.21. The molecule has 0 bridgehead atoms. The van der Waals surface area contributed by atoms with E-state index in [1.54, 1.807) is 54.2 Å². The van der Waals surface area contributed by atoms with E-state index in [0.29, 0.717) is 49.5 Å². The molecule has 2 aromatic carbocycles. The molecule has 1 unspecified atom stereocenters. The third kappa shape index (κ3) is 11.5. The number of halogens is 2. The van der Waals surface area contributed by atoms with Crippen molar-refractivity contribution < 1.29 is 41.3 Å². The van der Waals surface area contributed by atoms with Crippen LogP contribution in [-0.4, -0.2) is 93.0 Å². The lowest BCUT2D eigenvalue weighted by Crippen LogP contribution is -2.48. The van der Waals surface area contributed by atoms with Crippen molar-refractivity contribution in [3.63, 3.8) is 0 Å². The summed E-state index contributed by atoms with van der Waals surface area (Å²) in [6, 6.07) is 6.90. The van der Waals surface area contributed by atoms with Crippen molar-refractivity contribution in [3.05, 3.63) is 58.3 Å². The van der Waals surface area contributed by atoms with E-state index in [1.807, 2.05) is 20.8 Å². The first-order valence-electron chi connectivity index (χ1n) is 17.7. The highest BCUT2D eigenvalue weighted by Crippen LogP contribution is 2.35. The number of unbranched alkanes of at least 4 members (excludes halogenated alkanes) is 1. The fourth-order valence-corrected chi connectivity index (χ4v) is 8.42. The second kappa shape index (κ2) is 18.1. The number of hydrogen-bond donors (Lipinski definition) is 1. The van der Waals surface area contributed by atoms with Gasteiger partial charge in [0.25, 0.3) is 10.0 Å². The molecule has 1 aliphatic heterocycles. The molecule has 1 atom stereocenters. The quantitative estimate of drug-likeness (QED) is 0.150. The minimum Gasteiger partial charge on any atom is -0.497 e. The number of methoxy groups -OCH3 is 2. The molecule has 2 amide bonds. The van der Waals surface area contributed by atoms with Gasteiger partial charge >= 0.3 is 12.2 Å². The van der Waals surface area contributed by atoms with Gasteiger partial charge in [0.1, 0.15) is 33.4 Å². The van der Waals surface area contributed by atoms with Crippen LogP contribution in [0.4, 0.5) is 24.8 Å². The SMILES string of the molecule is COc1ccc(CN(c2nccs2)S(=O)(=O)c2cc(Cl)c(NCCCCN(CC3CCCN3C(=O)OC(C)(C)C)C(=O)OC(C)(C)C)cc2F)c(OC)c1. The summed E-state index contributed by atoms with van der Waals surface area (Å²) in [7, 11) is -1.53. The Balaban J connectivity index is 1.43. The maximum absolute atomic E-state index is 15.7. The lowest BCUT2D eigenvalue weighted by atomic mass is 10.2. The number of carbonyl (C=O) groups excluding carboxylic acids is 2. The lowest BCUT2D eigenvalue weighted by molar-refractivity contribution is 0.00864. The molecule has 0 radical (unpaired) electrons. The predicted molar refractivity (Wildman–Crippen MR) is 208 cm³/mol. The Kier molecular flexibility index (Phi) is 14.3. The van der Waals surface area contributed by atoms with Gasteiger partial charge in [0, 0.05) is 49.4 Å². The molecule has 1 aromatic heterocycles. The smallest absolute Gasteiger partial charge is 0.410 e. The van der Waals surface area contributed by atoms with E-state index in [-0.39, 0.29) is 35.0 Å². The molecule has 13 nitrogen and oxygen atoms in total. The van der Waals surface area contributed by atoms with Crippen LogP contribution in [0.2, 0.25) is 5.02 Å². The van der Waals surface area contributed by atoms with Crippen LogP contribution in [0.1, 0.15) is 72.8 Å². The fourth-order valence-electron chi connectivity index (χ4n) is 5.79. The zero-order chi connectivity index (χ0) is 39.8. The van der Waals surface area contributed by atoms with E-state index < -0.39 is 44.1 Å². The summed E-state index contributed by atoms with van der Waals surface area (Å²) in [5.41, 5.74) is -0.626. The van der Waals surface area contributed by atoms with Crippen molar-refractivity contribution in [3.8, 4) is 11.5 Å². The van der Waals surface area contributed by atoms with Gasteiger partial charge in [0.15, 0.2) is 5.13 Å². The molecule has 4 rings (SSSR count). The van der Waals surface area contributed by atoms with Gasteiger partial charge in [-0.2, -0.15) is 0 Å². The predicted octanol–water partition coefficient (Wildman–Crippen LogP) is 8.18. The van der Waals surface area contributed by atoms with Gasteiger partial charge in [-0.05, 0) is 91.5 Å². The van der Waals surface area contributed by atoms with Crippen molar-refractivity contribution in [2.45, 2.75) is 95.9 Å². The summed E-state index contributed by atoms with van der Waals surface area (Å²) < 4.78 is 66.8. The minimum absolute atomic E-state index is 0.00920. The summed E-state index contributed by atoms with van der Waals surface area (Å²) in [4.78, 5) is 33.0. The van der Waals surface area contributed by atoms with E-state index in [4.69, 9.17) is 30.5 Å². The minimum atomic E-state index is -4.50. The van der Waals surface area contributed by atoms with Gasteiger partial charge in [-0.1, -0.05) is 11.6 Å². The molecular weight excluding hydrogens is 761 g/mol. The number of sulfonamides is 1. The molecule has 2 heterocycles. The lowest BCUT2D eigenvalue weighted by Gasteiger charge is -2.33. The molecule has 3 aromatic rings. The summed E-state index contributed by atoms with van der Waals surface area (Å²) in [5, 5.41) is 4.86. The Morgan fingerprint density at radius 2 is 1.78 bits per heavy atom. The number of benzene rings is 2. The first-order valence-corrected chi connectivity index (χ1v) is 20.4. The topological polar surface area (TPSA) is 140 Å².